The molecule has 124 valence electrons. The molecule has 1 heterocycles. The van der Waals surface area contributed by atoms with Crippen molar-refractivity contribution in [3.05, 3.63) is 66.2 Å². The van der Waals surface area contributed by atoms with Crippen LogP contribution < -0.4 is 10.5 Å². The van der Waals surface area contributed by atoms with Crippen LogP contribution in [-0.4, -0.2) is 35.4 Å². The first kappa shape index (κ1) is 16.1. The van der Waals surface area contributed by atoms with Gasteiger partial charge in [0.25, 0.3) is 0 Å². The van der Waals surface area contributed by atoms with E-state index in [1.54, 1.807) is 4.90 Å². The number of benzene rings is 2. The lowest BCUT2D eigenvalue weighted by Gasteiger charge is -2.22. The lowest BCUT2D eigenvalue weighted by molar-refractivity contribution is -0.136. The van der Waals surface area contributed by atoms with Crippen LogP contribution in [0.5, 0.6) is 5.75 Å². The first-order valence-corrected chi connectivity index (χ1v) is 7.98. The molecule has 2 aromatic rings. The summed E-state index contributed by atoms with van der Waals surface area (Å²) in [5, 5.41) is 0. The van der Waals surface area contributed by atoms with Gasteiger partial charge >= 0.3 is 0 Å². The normalized spacial score (nSPS) is 19.9. The minimum atomic E-state index is -0.616. The quantitative estimate of drug-likeness (QED) is 0.911. The summed E-state index contributed by atoms with van der Waals surface area (Å²) in [6.45, 7) is 0.369. The van der Waals surface area contributed by atoms with Crippen LogP contribution in [0.15, 0.2) is 60.7 Å². The average molecular weight is 324 g/mol. The largest absolute Gasteiger partial charge is 0.488 e. The van der Waals surface area contributed by atoms with Gasteiger partial charge in [-0.2, -0.15) is 0 Å². The van der Waals surface area contributed by atoms with Crippen LogP contribution >= 0.6 is 0 Å². The van der Waals surface area contributed by atoms with Crippen molar-refractivity contribution in [1.82, 2.24) is 4.90 Å². The fourth-order valence-electron chi connectivity index (χ4n) is 2.99. The molecule has 5 nitrogen and oxygen atoms in total. The second kappa shape index (κ2) is 7.17. The molecule has 0 spiro atoms. The Morgan fingerprint density at radius 2 is 1.67 bits per heavy atom. The number of nitrogens with zero attached hydrogens (tertiary/aromatic N) is 1. The molecular formula is C19H20N2O3. The van der Waals surface area contributed by atoms with E-state index in [1.807, 2.05) is 60.7 Å². The van der Waals surface area contributed by atoms with Crippen LogP contribution in [-0.2, 0) is 16.0 Å². The molecule has 1 aliphatic rings. The second-order valence-electron chi connectivity index (χ2n) is 5.92. The zero-order chi connectivity index (χ0) is 16.9. The lowest BCUT2D eigenvalue weighted by Crippen LogP contribution is -2.44. The SMILES string of the molecule is NC(=O)[C@@H]1C[C@H](Oc2ccccc2)CN1C(=O)Cc1ccccc1. The highest BCUT2D eigenvalue weighted by atomic mass is 16.5. The lowest BCUT2D eigenvalue weighted by atomic mass is 10.1. The van der Waals surface area contributed by atoms with Gasteiger partial charge < -0.3 is 15.4 Å². The molecule has 0 unspecified atom stereocenters. The Bertz CT molecular complexity index is 703. The van der Waals surface area contributed by atoms with E-state index in [0.29, 0.717) is 13.0 Å². The van der Waals surface area contributed by atoms with E-state index in [0.717, 1.165) is 11.3 Å². The Labute approximate surface area is 141 Å². The number of likely N-dealkylation sites (tertiary alicyclic amines) is 1. The summed E-state index contributed by atoms with van der Waals surface area (Å²) in [7, 11) is 0. The van der Waals surface area contributed by atoms with Gasteiger partial charge in [0.05, 0.1) is 13.0 Å². The van der Waals surface area contributed by atoms with Crippen molar-refractivity contribution in [2.45, 2.75) is 25.0 Å². The first-order valence-electron chi connectivity index (χ1n) is 7.98. The van der Waals surface area contributed by atoms with Crippen LogP contribution in [0.4, 0.5) is 0 Å². The van der Waals surface area contributed by atoms with Gasteiger partial charge in [-0.3, -0.25) is 9.59 Å². The van der Waals surface area contributed by atoms with Gasteiger partial charge in [-0.05, 0) is 17.7 Å². The molecule has 1 saturated heterocycles. The number of nitrogens with two attached hydrogens (primary N) is 1. The van der Waals surface area contributed by atoms with Crippen LogP contribution in [0.3, 0.4) is 0 Å². The number of primary amides is 1. The molecule has 2 N–H and O–H groups in total. The van der Waals surface area contributed by atoms with E-state index >= 15 is 0 Å². The highest BCUT2D eigenvalue weighted by molar-refractivity contribution is 5.88. The summed E-state index contributed by atoms with van der Waals surface area (Å²) in [6.07, 6.45) is 0.442. The first-order chi connectivity index (χ1) is 11.6. The molecule has 2 amide bonds. The molecule has 1 aliphatic heterocycles. The van der Waals surface area contributed by atoms with Crippen molar-refractivity contribution in [3.8, 4) is 5.75 Å². The van der Waals surface area contributed by atoms with E-state index in [1.165, 1.54) is 0 Å². The molecular weight excluding hydrogens is 304 g/mol. The molecule has 3 rings (SSSR count). The molecule has 0 aromatic heterocycles. The van der Waals surface area contributed by atoms with Crippen molar-refractivity contribution in [2.24, 2.45) is 5.73 Å². The number of hydrogen-bond donors (Lipinski definition) is 1. The molecule has 1 fully saturated rings. The molecule has 2 aromatic carbocycles. The Morgan fingerprint density at radius 1 is 1.04 bits per heavy atom. The fraction of sp³-hybridized carbons (Fsp3) is 0.263. The predicted octanol–water partition coefficient (Wildman–Crippen LogP) is 1.76. The van der Waals surface area contributed by atoms with Gasteiger partial charge in [-0.1, -0.05) is 48.5 Å². The molecule has 0 saturated carbocycles. The zero-order valence-electron chi connectivity index (χ0n) is 13.3. The van der Waals surface area contributed by atoms with Crippen LogP contribution in [0.2, 0.25) is 0 Å². The van der Waals surface area contributed by atoms with Gasteiger partial charge in [0.2, 0.25) is 11.8 Å². The number of amides is 2. The maximum atomic E-state index is 12.6. The zero-order valence-corrected chi connectivity index (χ0v) is 13.3. The molecule has 24 heavy (non-hydrogen) atoms. The molecule has 5 heteroatoms. The molecule has 0 bridgehead atoms. The number of para-hydroxylation sites is 1. The van der Waals surface area contributed by atoms with Gasteiger partial charge in [-0.15, -0.1) is 0 Å². The standard InChI is InChI=1S/C19H20N2O3/c20-19(23)17-12-16(24-15-9-5-2-6-10-15)13-21(17)18(22)11-14-7-3-1-4-8-14/h1-10,16-17H,11-13H2,(H2,20,23)/t16-,17-/m0/s1. The van der Waals surface area contributed by atoms with Crippen LogP contribution in [0.25, 0.3) is 0 Å². The van der Waals surface area contributed by atoms with Crippen molar-refractivity contribution >= 4 is 11.8 Å². The van der Waals surface area contributed by atoms with Crippen molar-refractivity contribution < 1.29 is 14.3 Å². The van der Waals surface area contributed by atoms with E-state index in [-0.39, 0.29) is 18.4 Å². The summed E-state index contributed by atoms with van der Waals surface area (Å²) >= 11 is 0. The monoisotopic (exact) mass is 324 g/mol. The van der Waals surface area contributed by atoms with E-state index in [2.05, 4.69) is 0 Å². The summed E-state index contributed by atoms with van der Waals surface area (Å²) in [4.78, 5) is 25.9. The summed E-state index contributed by atoms with van der Waals surface area (Å²) in [5.41, 5.74) is 6.40. The maximum absolute atomic E-state index is 12.6. The number of carbonyl (C=O) groups is 2. The van der Waals surface area contributed by atoms with Gasteiger partial charge in [0, 0.05) is 6.42 Å². The minimum absolute atomic E-state index is 0.107. The number of carbonyl (C=O) groups excluding carboxylic acids is 2. The van der Waals surface area contributed by atoms with Gasteiger partial charge in [0.15, 0.2) is 0 Å². The van der Waals surface area contributed by atoms with Crippen molar-refractivity contribution in [1.29, 1.82) is 0 Å². The van der Waals surface area contributed by atoms with Crippen LogP contribution in [0.1, 0.15) is 12.0 Å². The minimum Gasteiger partial charge on any atom is -0.488 e. The van der Waals surface area contributed by atoms with Gasteiger partial charge in [0.1, 0.15) is 17.9 Å². The van der Waals surface area contributed by atoms with E-state index < -0.39 is 11.9 Å². The van der Waals surface area contributed by atoms with Crippen LogP contribution in [0, 0.1) is 0 Å². The number of hydrogen-bond acceptors (Lipinski definition) is 3. The number of rotatable bonds is 5. The van der Waals surface area contributed by atoms with E-state index in [9.17, 15) is 9.59 Å². The third-order valence-corrected chi connectivity index (χ3v) is 4.16. The van der Waals surface area contributed by atoms with E-state index in [4.69, 9.17) is 10.5 Å². The number of ether oxygens (including phenoxy) is 1. The highest BCUT2D eigenvalue weighted by Crippen LogP contribution is 2.23. The Morgan fingerprint density at radius 3 is 2.29 bits per heavy atom. The van der Waals surface area contributed by atoms with Crippen molar-refractivity contribution in [3.63, 3.8) is 0 Å². The average Bonchev–Trinajstić information content (AvgIpc) is 3.01. The third kappa shape index (κ3) is 3.74. The summed E-state index contributed by atoms with van der Waals surface area (Å²) in [5.74, 6) is 0.128. The molecule has 2 atom stereocenters. The summed E-state index contributed by atoms with van der Waals surface area (Å²) in [6, 6.07) is 18.2. The third-order valence-electron chi connectivity index (χ3n) is 4.16. The van der Waals surface area contributed by atoms with Gasteiger partial charge in [-0.25, -0.2) is 0 Å². The maximum Gasteiger partial charge on any atom is 0.240 e. The molecule has 0 radical (unpaired) electrons. The molecule has 0 aliphatic carbocycles. The Kier molecular flexibility index (Phi) is 4.79. The topological polar surface area (TPSA) is 72.6 Å². The predicted molar refractivity (Wildman–Crippen MR) is 90.3 cm³/mol. The fourth-order valence-corrected chi connectivity index (χ4v) is 2.99. The van der Waals surface area contributed by atoms with Crippen molar-refractivity contribution in [2.75, 3.05) is 6.54 Å². The second-order valence-corrected chi connectivity index (χ2v) is 5.92. The Hall–Kier alpha value is -2.82. The smallest absolute Gasteiger partial charge is 0.240 e. The summed E-state index contributed by atoms with van der Waals surface area (Å²) < 4.78 is 5.88. The Balaban J connectivity index is 1.69. The highest BCUT2D eigenvalue weighted by Gasteiger charge is 2.39.